The maximum Gasteiger partial charge on any atom is 0.251 e. The van der Waals surface area contributed by atoms with Crippen LogP contribution in [0.1, 0.15) is 27.9 Å². The van der Waals surface area contributed by atoms with Crippen LogP contribution in [0.15, 0.2) is 18.2 Å². The fourth-order valence-electron chi connectivity index (χ4n) is 1.81. The van der Waals surface area contributed by atoms with Gasteiger partial charge in [-0.3, -0.25) is 4.79 Å². The van der Waals surface area contributed by atoms with Gasteiger partial charge < -0.3 is 10.1 Å². The molecule has 0 heterocycles. The van der Waals surface area contributed by atoms with Gasteiger partial charge in [0.2, 0.25) is 0 Å². The molecule has 1 N–H and O–H groups in total. The summed E-state index contributed by atoms with van der Waals surface area (Å²) in [5.41, 5.74) is 2.88. The average molecular weight is 270 g/mol. The lowest BCUT2D eigenvalue weighted by molar-refractivity contribution is 0.0951. The van der Waals surface area contributed by atoms with Gasteiger partial charge in [0.05, 0.1) is 12.0 Å². The van der Waals surface area contributed by atoms with Gasteiger partial charge in [0.25, 0.3) is 5.91 Å². The van der Waals surface area contributed by atoms with Gasteiger partial charge in [0, 0.05) is 19.2 Å². The summed E-state index contributed by atoms with van der Waals surface area (Å²) in [5.74, 6) is -0.0527. The lowest BCUT2D eigenvalue weighted by Crippen LogP contribution is -2.27. The van der Waals surface area contributed by atoms with Gasteiger partial charge in [-0.2, -0.15) is 0 Å². The standard InChI is InChI=1S/C14H20ClNO2/c1-10-6-11(2)8-12(7-10)14(17)16-5-4-13(15)9-18-3/h6-8,13H,4-5,9H2,1-3H3,(H,16,17). The second kappa shape index (κ2) is 7.39. The van der Waals surface area contributed by atoms with Crippen molar-refractivity contribution in [2.45, 2.75) is 25.6 Å². The number of hydrogen-bond acceptors (Lipinski definition) is 2. The van der Waals surface area contributed by atoms with E-state index in [0.29, 0.717) is 25.1 Å². The molecule has 0 bridgehead atoms. The molecular weight excluding hydrogens is 250 g/mol. The molecule has 1 rings (SSSR count). The average Bonchev–Trinajstić information content (AvgIpc) is 2.27. The van der Waals surface area contributed by atoms with Crippen molar-refractivity contribution in [2.75, 3.05) is 20.3 Å². The highest BCUT2D eigenvalue weighted by atomic mass is 35.5. The third-order valence-electron chi connectivity index (χ3n) is 2.57. The van der Waals surface area contributed by atoms with Crippen molar-refractivity contribution >= 4 is 17.5 Å². The molecule has 1 aromatic carbocycles. The predicted octanol–water partition coefficient (Wildman–Crippen LogP) is 2.68. The number of ether oxygens (including phenoxy) is 1. The van der Waals surface area contributed by atoms with Crippen LogP contribution in [0.25, 0.3) is 0 Å². The van der Waals surface area contributed by atoms with Crippen molar-refractivity contribution in [2.24, 2.45) is 0 Å². The number of aryl methyl sites for hydroxylation is 2. The molecule has 4 heteroatoms. The van der Waals surface area contributed by atoms with Crippen molar-refractivity contribution in [1.82, 2.24) is 5.32 Å². The lowest BCUT2D eigenvalue weighted by Gasteiger charge is -2.10. The van der Waals surface area contributed by atoms with E-state index in [1.165, 1.54) is 0 Å². The molecule has 3 nitrogen and oxygen atoms in total. The Labute approximate surface area is 113 Å². The van der Waals surface area contributed by atoms with Crippen molar-refractivity contribution in [3.8, 4) is 0 Å². The van der Waals surface area contributed by atoms with Crippen LogP contribution < -0.4 is 5.32 Å². The first-order chi connectivity index (χ1) is 8.52. The van der Waals surface area contributed by atoms with Crippen molar-refractivity contribution in [3.05, 3.63) is 34.9 Å². The molecule has 0 radical (unpaired) electrons. The van der Waals surface area contributed by atoms with Gasteiger partial charge in [-0.15, -0.1) is 11.6 Å². The maximum absolute atomic E-state index is 11.9. The van der Waals surface area contributed by atoms with Gasteiger partial charge in [-0.25, -0.2) is 0 Å². The van der Waals surface area contributed by atoms with Crippen LogP contribution in [0.3, 0.4) is 0 Å². The first-order valence-corrected chi connectivity index (χ1v) is 6.46. The minimum absolute atomic E-state index is 0.0527. The number of halogens is 1. The Morgan fingerprint density at radius 2 is 1.94 bits per heavy atom. The molecule has 0 aromatic heterocycles. The highest BCUT2D eigenvalue weighted by molar-refractivity contribution is 6.20. The van der Waals surface area contributed by atoms with Crippen LogP contribution in [0, 0.1) is 13.8 Å². The monoisotopic (exact) mass is 269 g/mol. The van der Waals surface area contributed by atoms with E-state index < -0.39 is 0 Å². The van der Waals surface area contributed by atoms with E-state index in [2.05, 4.69) is 5.32 Å². The van der Waals surface area contributed by atoms with E-state index in [-0.39, 0.29) is 11.3 Å². The van der Waals surface area contributed by atoms with Crippen LogP contribution in [-0.4, -0.2) is 31.5 Å². The van der Waals surface area contributed by atoms with E-state index in [1.807, 2.05) is 32.0 Å². The summed E-state index contributed by atoms with van der Waals surface area (Å²) in [6.45, 7) is 5.03. The number of alkyl halides is 1. The Morgan fingerprint density at radius 3 is 2.50 bits per heavy atom. The molecule has 0 aliphatic rings. The van der Waals surface area contributed by atoms with Crippen LogP contribution in [0.2, 0.25) is 0 Å². The third kappa shape index (κ3) is 5.07. The summed E-state index contributed by atoms with van der Waals surface area (Å²) in [7, 11) is 1.61. The van der Waals surface area contributed by atoms with Crippen LogP contribution in [-0.2, 0) is 4.74 Å². The summed E-state index contributed by atoms with van der Waals surface area (Å²) in [6.07, 6.45) is 0.700. The number of nitrogens with one attached hydrogen (secondary N) is 1. The fraction of sp³-hybridized carbons (Fsp3) is 0.500. The zero-order chi connectivity index (χ0) is 13.5. The van der Waals surface area contributed by atoms with E-state index in [4.69, 9.17) is 16.3 Å². The van der Waals surface area contributed by atoms with Crippen molar-refractivity contribution in [3.63, 3.8) is 0 Å². The molecule has 1 atom stereocenters. The smallest absolute Gasteiger partial charge is 0.251 e. The highest BCUT2D eigenvalue weighted by Gasteiger charge is 2.08. The van der Waals surface area contributed by atoms with Crippen molar-refractivity contribution < 1.29 is 9.53 Å². The van der Waals surface area contributed by atoms with Gasteiger partial charge in [-0.1, -0.05) is 17.2 Å². The molecule has 1 aromatic rings. The van der Waals surface area contributed by atoms with Gasteiger partial charge in [0.15, 0.2) is 0 Å². The van der Waals surface area contributed by atoms with Crippen LogP contribution in [0.4, 0.5) is 0 Å². The quantitative estimate of drug-likeness (QED) is 0.807. The minimum Gasteiger partial charge on any atom is -0.383 e. The summed E-state index contributed by atoms with van der Waals surface area (Å²) >= 11 is 5.98. The number of benzene rings is 1. The van der Waals surface area contributed by atoms with Crippen LogP contribution >= 0.6 is 11.6 Å². The molecule has 1 amide bonds. The molecule has 0 saturated carbocycles. The highest BCUT2D eigenvalue weighted by Crippen LogP contribution is 2.09. The van der Waals surface area contributed by atoms with Gasteiger partial charge >= 0.3 is 0 Å². The van der Waals surface area contributed by atoms with Crippen molar-refractivity contribution in [1.29, 1.82) is 0 Å². The second-order valence-corrected chi connectivity index (χ2v) is 5.09. The normalized spacial score (nSPS) is 12.2. The Hall–Kier alpha value is -1.06. The molecular formula is C14H20ClNO2. The number of hydrogen-bond donors (Lipinski definition) is 1. The Morgan fingerprint density at radius 1 is 1.33 bits per heavy atom. The largest absolute Gasteiger partial charge is 0.383 e. The number of carbonyl (C=O) groups is 1. The Bertz CT molecular complexity index is 387. The number of methoxy groups -OCH3 is 1. The van der Waals surface area contributed by atoms with E-state index >= 15 is 0 Å². The number of amides is 1. The molecule has 1 unspecified atom stereocenters. The molecule has 18 heavy (non-hydrogen) atoms. The Balaban J connectivity index is 2.45. The predicted molar refractivity (Wildman–Crippen MR) is 74.4 cm³/mol. The summed E-state index contributed by atoms with van der Waals surface area (Å²) < 4.78 is 4.93. The Kier molecular flexibility index (Phi) is 6.16. The molecule has 0 spiro atoms. The lowest BCUT2D eigenvalue weighted by atomic mass is 10.1. The van der Waals surface area contributed by atoms with E-state index in [1.54, 1.807) is 7.11 Å². The second-order valence-electron chi connectivity index (χ2n) is 4.47. The van der Waals surface area contributed by atoms with Crippen LogP contribution in [0.5, 0.6) is 0 Å². The first kappa shape index (κ1) is 15.0. The summed E-state index contributed by atoms with van der Waals surface area (Å²) in [4.78, 5) is 11.9. The van der Waals surface area contributed by atoms with E-state index in [0.717, 1.165) is 11.1 Å². The molecule has 0 fully saturated rings. The SMILES string of the molecule is COCC(Cl)CCNC(=O)c1cc(C)cc(C)c1. The maximum atomic E-state index is 11.9. The number of carbonyl (C=O) groups excluding carboxylic acids is 1. The molecule has 0 aliphatic carbocycles. The molecule has 0 saturated heterocycles. The molecule has 0 aliphatic heterocycles. The first-order valence-electron chi connectivity index (χ1n) is 6.02. The third-order valence-corrected chi connectivity index (χ3v) is 2.92. The minimum atomic E-state index is -0.0606. The zero-order valence-corrected chi connectivity index (χ0v) is 11.9. The zero-order valence-electron chi connectivity index (χ0n) is 11.1. The van der Waals surface area contributed by atoms with Gasteiger partial charge in [-0.05, 0) is 32.4 Å². The number of rotatable bonds is 6. The topological polar surface area (TPSA) is 38.3 Å². The summed E-state index contributed by atoms with van der Waals surface area (Å²) in [5, 5.41) is 2.80. The fourth-order valence-corrected chi connectivity index (χ4v) is 2.05. The van der Waals surface area contributed by atoms with Gasteiger partial charge in [0.1, 0.15) is 0 Å². The summed E-state index contributed by atoms with van der Waals surface area (Å²) in [6, 6.07) is 5.81. The van der Waals surface area contributed by atoms with E-state index in [9.17, 15) is 4.79 Å². The molecule has 100 valence electrons.